The fraction of sp³-hybridized carbons (Fsp3) is 0.250. The molecule has 0 aliphatic heterocycles. The Bertz CT molecular complexity index is 661. The molecule has 6 heteroatoms. The summed E-state index contributed by atoms with van der Waals surface area (Å²) in [7, 11) is 4.51. The first-order valence-corrected chi connectivity index (χ1v) is 6.63. The summed E-state index contributed by atoms with van der Waals surface area (Å²) in [5, 5.41) is 2.81. The Hall–Kier alpha value is -2.76. The first-order valence-electron chi connectivity index (χ1n) is 6.63. The SMILES string of the molecule is COc1cc(OC)c(C(=O)Nc2ccnc(C)c2)c(OC)c1. The number of nitrogens with zero attached hydrogens (tertiary/aromatic N) is 1. The van der Waals surface area contributed by atoms with Crippen LogP contribution < -0.4 is 19.5 Å². The predicted molar refractivity (Wildman–Crippen MR) is 83.0 cm³/mol. The summed E-state index contributed by atoms with van der Waals surface area (Å²) in [5.41, 5.74) is 1.77. The molecule has 116 valence electrons. The summed E-state index contributed by atoms with van der Waals surface area (Å²) in [5.74, 6) is 0.964. The van der Waals surface area contributed by atoms with Crippen LogP contribution in [0.4, 0.5) is 5.69 Å². The summed E-state index contributed by atoms with van der Waals surface area (Å²) < 4.78 is 15.7. The van der Waals surface area contributed by atoms with Gasteiger partial charge in [0.1, 0.15) is 22.8 Å². The molecular weight excluding hydrogens is 284 g/mol. The molecule has 0 radical (unpaired) electrons. The lowest BCUT2D eigenvalue weighted by Gasteiger charge is -2.15. The maximum Gasteiger partial charge on any atom is 0.263 e. The molecule has 6 nitrogen and oxygen atoms in total. The molecule has 1 heterocycles. The standard InChI is InChI=1S/C16H18N2O4/c1-10-7-11(5-6-17-10)18-16(19)15-13(21-3)8-12(20-2)9-14(15)22-4/h5-9H,1-4H3,(H,17,18,19). The Morgan fingerprint density at radius 1 is 1.05 bits per heavy atom. The van der Waals surface area contributed by atoms with Crippen LogP contribution in [0.2, 0.25) is 0 Å². The fourth-order valence-corrected chi connectivity index (χ4v) is 2.05. The lowest BCUT2D eigenvalue weighted by molar-refractivity contribution is 0.102. The molecule has 1 aromatic carbocycles. The number of carbonyl (C=O) groups excluding carboxylic acids is 1. The predicted octanol–water partition coefficient (Wildman–Crippen LogP) is 2.67. The Morgan fingerprint density at radius 2 is 1.68 bits per heavy atom. The molecular formula is C16H18N2O4. The van der Waals surface area contributed by atoms with Crippen molar-refractivity contribution in [1.82, 2.24) is 4.98 Å². The van der Waals surface area contributed by atoms with E-state index >= 15 is 0 Å². The number of hydrogen-bond donors (Lipinski definition) is 1. The third kappa shape index (κ3) is 3.28. The lowest BCUT2D eigenvalue weighted by Crippen LogP contribution is -2.15. The van der Waals surface area contributed by atoms with Gasteiger partial charge in [0.25, 0.3) is 5.91 Å². The number of rotatable bonds is 5. The molecule has 0 saturated heterocycles. The molecule has 0 fully saturated rings. The molecule has 0 aliphatic carbocycles. The smallest absolute Gasteiger partial charge is 0.263 e. The molecule has 2 aromatic rings. The summed E-state index contributed by atoms with van der Waals surface area (Å²) in [4.78, 5) is 16.6. The van der Waals surface area contributed by atoms with Gasteiger partial charge in [0, 0.05) is 29.7 Å². The van der Waals surface area contributed by atoms with Crippen molar-refractivity contribution in [3.63, 3.8) is 0 Å². The van der Waals surface area contributed by atoms with E-state index < -0.39 is 0 Å². The first kappa shape index (κ1) is 15.6. The topological polar surface area (TPSA) is 69.7 Å². The van der Waals surface area contributed by atoms with Crippen LogP contribution in [0.3, 0.4) is 0 Å². The van der Waals surface area contributed by atoms with E-state index in [1.165, 1.54) is 21.3 Å². The van der Waals surface area contributed by atoms with Crippen LogP contribution in [0.1, 0.15) is 16.1 Å². The zero-order valence-corrected chi connectivity index (χ0v) is 13.0. The third-order valence-electron chi connectivity index (χ3n) is 3.10. The van der Waals surface area contributed by atoms with Gasteiger partial charge < -0.3 is 19.5 Å². The number of methoxy groups -OCH3 is 3. The van der Waals surface area contributed by atoms with Gasteiger partial charge in [-0.25, -0.2) is 0 Å². The van der Waals surface area contributed by atoms with Gasteiger partial charge in [0.2, 0.25) is 0 Å². The van der Waals surface area contributed by atoms with Gasteiger partial charge in [-0.05, 0) is 19.1 Å². The van der Waals surface area contributed by atoms with Crippen molar-refractivity contribution >= 4 is 11.6 Å². The van der Waals surface area contributed by atoms with Crippen molar-refractivity contribution in [2.45, 2.75) is 6.92 Å². The fourth-order valence-electron chi connectivity index (χ4n) is 2.05. The Morgan fingerprint density at radius 3 is 2.18 bits per heavy atom. The number of benzene rings is 1. The maximum atomic E-state index is 12.6. The average molecular weight is 302 g/mol. The molecule has 0 atom stereocenters. The summed E-state index contributed by atoms with van der Waals surface area (Å²) >= 11 is 0. The number of ether oxygens (including phenoxy) is 3. The van der Waals surface area contributed by atoms with Gasteiger partial charge in [0.15, 0.2) is 0 Å². The van der Waals surface area contributed by atoms with E-state index in [1.54, 1.807) is 30.5 Å². The molecule has 0 saturated carbocycles. The van der Waals surface area contributed by atoms with Gasteiger partial charge in [-0.2, -0.15) is 0 Å². The molecule has 0 bridgehead atoms. The minimum absolute atomic E-state index is 0.306. The molecule has 22 heavy (non-hydrogen) atoms. The van der Waals surface area contributed by atoms with Crippen LogP contribution in [0.5, 0.6) is 17.2 Å². The van der Waals surface area contributed by atoms with Gasteiger partial charge in [-0.1, -0.05) is 0 Å². The quantitative estimate of drug-likeness (QED) is 0.919. The number of pyridine rings is 1. The lowest BCUT2D eigenvalue weighted by atomic mass is 10.1. The second kappa shape index (κ2) is 6.80. The van der Waals surface area contributed by atoms with Crippen LogP contribution in [0.25, 0.3) is 0 Å². The van der Waals surface area contributed by atoms with E-state index in [-0.39, 0.29) is 5.91 Å². The highest BCUT2D eigenvalue weighted by molar-refractivity contribution is 6.08. The average Bonchev–Trinajstić information content (AvgIpc) is 2.53. The summed E-state index contributed by atoms with van der Waals surface area (Å²) in [6, 6.07) is 6.76. The van der Waals surface area contributed by atoms with Crippen LogP contribution in [0.15, 0.2) is 30.5 Å². The normalized spacial score (nSPS) is 10.0. The summed E-state index contributed by atoms with van der Waals surface area (Å²) in [6.07, 6.45) is 1.63. The number of aryl methyl sites for hydroxylation is 1. The van der Waals surface area contributed by atoms with Crippen molar-refractivity contribution in [1.29, 1.82) is 0 Å². The number of carbonyl (C=O) groups is 1. The largest absolute Gasteiger partial charge is 0.496 e. The number of anilines is 1. The van der Waals surface area contributed by atoms with Gasteiger partial charge in [-0.15, -0.1) is 0 Å². The second-order valence-electron chi connectivity index (χ2n) is 4.55. The van der Waals surface area contributed by atoms with E-state index in [4.69, 9.17) is 14.2 Å². The number of aromatic nitrogens is 1. The first-order chi connectivity index (χ1) is 10.6. The Labute approximate surface area is 129 Å². The number of hydrogen-bond acceptors (Lipinski definition) is 5. The molecule has 1 aromatic heterocycles. The van der Waals surface area contributed by atoms with Crippen LogP contribution in [-0.4, -0.2) is 32.2 Å². The van der Waals surface area contributed by atoms with Gasteiger partial charge >= 0.3 is 0 Å². The maximum absolute atomic E-state index is 12.6. The zero-order valence-electron chi connectivity index (χ0n) is 13.0. The van der Waals surface area contributed by atoms with E-state index in [0.717, 1.165) is 5.69 Å². The highest BCUT2D eigenvalue weighted by Gasteiger charge is 2.20. The van der Waals surface area contributed by atoms with Gasteiger partial charge in [-0.3, -0.25) is 9.78 Å². The van der Waals surface area contributed by atoms with E-state index in [9.17, 15) is 4.79 Å². The number of amides is 1. The van der Waals surface area contributed by atoms with Crippen molar-refractivity contribution in [3.8, 4) is 17.2 Å². The minimum atomic E-state index is -0.332. The highest BCUT2D eigenvalue weighted by atomic mass is 16.5. The Balaban J connectivity index is 2.39. The van der Waals surface area contributed by atoms with Crippen LogP contribution in [0, 0.1) is 6.92 Å². The van der Waals surface area contributed by atoms with Crippen LogP contribution in [-0.2, 0) is 0 Å². The van der Waals surface area contributed by atoms with Crippen LogP contribution >= 0.6 is 0 Å². The zero-order chi connectivity index (χ0) is 16.1. The Kier molecular flexibility index (Phi) is 4.83. The van der Waals surface area contributed by atoms with Crippen molar-refractivity contribution < 1.29 is 19.0 Å². The third-order valence-corrected chi connectivity index (χ3v) is 3.10. The molecule has 0 unspecified atom stereocenters. The van der Waals surface area contributed by atoms with E-state index in [0.29, 0.717) is 28.5 Å². The molecule has 1 amide bonds. The second-order valence-corrected chi connectivity index (χ2v) is 4.55. The van der Waals surface area contributed by atoms with Crippen molar-refractivity contribution in [2.75, 3.05) is 26.6 Å². The number of nitrogens with one attached hydrogen (secondary N) is 1. The van der Waals surface area contributed by atoms with Crippen molar-refractivity contribution in [2.24, 2.45) is 0 Å². The van der Waals surface area contributed by atoms with Crippen molar-refractivity contribution in [3.05, 3.63) is 41.7 Å². The molecule has 0 aliphatic rings. The molecule has 0 spiro atoms. The van der Waals surface area contributed by atoms with E-state index in [1.807, 2.05) is 6.92 Å². The molecule has 2 rings (SSSR count). The van der Waals surface area contributed by atoms with E-state index in [2.05, 4.69) is 10.3 Å². The van der Waals surface area contributed by atoms with Gasteiger partial charge in [0.05, 0.1) is 21.3 Å². The summed E-state index contributed by atoms with van der Waals surface area (Å²) in [6.45, 7) is 1.85. The molecule has 1 N–H and O–H groups in total. The minimum Gasteiger partial charge on any atom is -0.496 e. The monoisotopic (exact) mass is 302 g/mol. The highest BCUT2D eigenvalue weighted by Crippen LogP contribution is 2.34.